The number of hydrazine groups is 1. The average molecular weight is 666 g/mol. The second-order valence-electron chi connectivity index (χ2n) is 10.3. The zero-order valence-corrected chi connectivity index (χ0v) is 25.9. The minimum atomic E-state index is -1.67. The van der Waals surface area contributed by atoms with Gasteiger partial charge < -0.3 is 37.1 Å². The summed E-state index contributed by atoms with van der Waals surface area (Å²) in [5.41, 5.74) is 13.3. The van der Waals surface area contributed by atoms with E-state index in [0.717, 1.165) is 11.1 Å². The normalized spacial score (nSPS) is 12.1. The maximum absolute atomic E-state index is 12.4. The fraction of sp³-hybridized carbons (Fsp3) is 0.281. The van der Waals surface area contributed by atoms with Crippen molar-refractivity contribution in [3.8, 4) is 0 Å². The van der Waals surface area contributed by atoms with Crippen LogP contribution in [0.3, 0.4) is 0 Å². The van der Waals surface area contributed by atoms with Gasteiger partial charge in [0.25, 0.3) is 0 Å². The molecule has 48 heavy (non-hydrogen) atoms. The Morgan fingerprint density at radius 2 is 1.35 bits per heavy atom. The van der Waals surface area contributed by atoms with Gasteiger partial charge in [0, 0.05) is 13.0 Å². The average Bonchev–Trinajstić information content (AvgIpc) is 3.06. The lowest BCUT2D eigenvalue weighted by molar-refractivity contribution is -0.640. The third-order valence-electron chi connectivity index (χ3n) is 6.65. The van der Waals surface area contributed by atoms with Crippen LogP contribution >= 0.6 is 0 Å². The van der Waals surface area contributed by atoms with E-state index in [4.69, 9.17) is 21.6 Å². The van der Waals surface area contributed by atoms with Crippen molar-refractivity contribution in [1.82, 2.24) is 15.6 Å². The first-order valence-corrected chi connectivity index (χ1v) is 14.7. The zero-order chi connectivity index (χ0) is 35.5. The highest BCUT2D eigenvalue weighted by molar-refractivity contribution is 5.86. The highest BCUT2D eigenvalue weighted by Gasteiger charge is 2.40. The van der Waals surface area contributed by atoms with E-state index in [9.17, 15) is 39.5 Å². The van der Waals surface area contributed by atoms with E-state index in [-0.39, 0.29) is 49.8 Å². The Morgan fingerprint density at radius 1 is 0.854 bits per heavy atom. The lowest BCUT2D eigenvalue weighted by Gasteiger charge is -2.22. The molecule has 3 aromatic carbocycles. The number of nitrogens with two attached hydrogens (primary N) is 2. The van der Waals surface area contributed by atoms with E-state index in [1.807, 2.05) is 60.7 Å². The molecule has 16 nitrogen and oxygen atoms in total. The van der Waals surface area contributed by atoms with Gasteiger partial charge in [0.05, 0.1) is 6.04 Å². The number of aliphatic carboxylic acids is 2. The predicted octanol–water partition coefficient (Wildman–Crippen LogP) is 1.90. The molecule has 16 heteroatoms. The standard InChI is InChI=1S/C17H17NO4.C15H22N6O5/c19-16(20)15(11-13-7-3-1-4-8-13)18-17(21)22-12-14-9-5-2-6-10-14;16-11(9-10-5-2-1-3-6-10)13(22)20(21(25)26)12(14(23)24)7-4-8-19-15(17)18/h1-10,15H,11-12H2,(H,18,21)(H,19,20);1-3,5-6,11-12H,4,7-9,16H2,(H,23,24)(H4,17,18,19)/t15-;11-,12-/m10/s1. The lowest BCUT2D eigenvalue weighted by Crippen LogP contribution is -2.54. The van der Waals surface area contributed by atoms with Gasteiger partial charge in [-0.2, -0.15) is 0 Å². The molecule has 0 heterocycles. The molecule has 0 aliphatic carbocycles. The number of carboxylic acid groups (broad SMARTS) is 2. The van der Waals surface area contributed by atoms with Gasteiger partial charge in [-0.15, -0.1) is 0 Å². The number of benzene rings is 3. The van der Waals surface area contributed by atoms with Crippen molar-refractivity contribution in [3.05, 3.63) is 118 Å². The molecule has 0 aromatic heterocycles. The monoisotopic (exact) mass is 665 g/mol. The van der Waals surface area contributed by atoms with Crippen LogP contribution in [0.5, 0.6) is 0 Å². The van der Waals surface area contributed by atoms with Crippen molar-refractivity contribution >= 4 is 29.9 Å². The van der Waals surface area contributed by atoms with Gasteiger partial charge in [0.2, 0.25) is 0 Å². The van der Waals surface area contributed by atoms with Gasteiger partial charge in [0.15, 0.2) is 17.0 Å². The Balaban J connectivity index is 0.000000338. The number of rotatable bonds is 16. The minimum absolute atomic E-state index is 0.0439. The summed E-state index contributed by atoms with van der Waals surface area (Å²) < 4.78 is 5.03. The van der Waals surface area contributed by atoms with Crippen LogP contribution in [0, 0.1) is 15.5 Å². The Bertz CT molecular complexity index is 1500. The topological polar surface area (TPSA) is 264 Å². The number of carbonyl (C=O) groups is 4. The molecule has 0 unspecified atom stereocenters. The number of amides is 2. The second-order valence-corrected chi connectivity index (χ2v) is 10.3. The summed E-state index contributed by atoms with van der Waals surface area (Å²) in [5.74, 6) is -3.99. The van der Waals surface area contributed by atoms with Gasteiger partial charge in [-0.1, -0.05) is 91.0 Å². The maximum Gasteiger partial charge on any atom is 0.408 e. The molecule has 0 bridgehead atoms. The summed E-state index contributed by atoms with van der Waals surface area (Å²) in [5, 5.41) is 40.7. The van der Waals surface area contributed by atoms with E-state index < -0.39 is 47.1 Å². The number of nitrogens with zero attached hydrogens (tertiary/aromatic N) is 2. The first-order chi connectivity index (χ1) is 22.9. The Labute approximate surface area is 276 Å². The highest BCUT2D eigenvalue weighted by Crippen LogP contribution is 2.12. The van der Waals surface area contributed by atoms with Crippen LogP contribution in [0.2, 0.25) is 0 Å². The molecule has 0 aliphatic rings. The third-order valence-corrected chi connectivity index (χ3v) is 6.65. The molecule has 256 valence electrons. The molecule has 0 spiro atoms. The summed E-state index contributed by atoms with van der Waals surface area (Å²) in [7, 11) is 0. The molecule has 0 saturated carbocycles. The first-order valence-electron chi connectivity index (χ1n) is 14.7. The summed E-state index contributed by atoms with van der Waals surface area (Å²) in [4.78, 5) is 58.1. The van der Waals surface area contributed by atoms with E-state index in [1.165, 1.54) is 0 Å². The van der Waals surface area contributed by atoms with Crippen molar-refractivity contribution in [2.75, 3.05) is 6.54 Å². The van der Waals surface area contributed by atoms with Crippen molar-refractivity contribution in [2.24, 2.45) is 11.5 Å². The molecule has 0 saturated heterocycles. The second kappa shape index (κ2) is 20.2. The fourth-order valence-corrected chi connectivity index (χ4v) is 4.30. The largest absolute Gasteiger partial charge is 0.480 e. The number of hydrogen-bond donors (Lipinski definition) is 7. The Morgan fingerprint density at radius 3 is 1.81 bits per heavy atom. The van der Waals surface area contributed by atoms with Crippen LogP contribution in [-0.2, 0) is 38.6 Å². The molecule has 3 atom stereocenters. The number of guanidine groups is 1. The predicted molar refractivity (Wildman–Crippen MR) is 174 cm³/mol. The molecule has 3 aromatic rings. The van der Waals surface area contributed by atoms with Crippen LogP contribution in [0.1, 0.15) is 29.5 Å². The fourth-order valence-electron chi connectivity index (χ4n) is 4.30. The van der Waals surface area contributed by atoms with Gasteiger partial charge in [0.1, 0.15) is 12.6 Å². The van der Waals surface area contributed by atoms with Crippen LogP contribution in [0.25, 0.3) is 0 Å². The first kappa shape index (κ1) is 38.2. The van der Waals surface area contributed by atoms with E-state index in [0.29, 0.717) is 5.56 Å². The number of carbonyl (C=O) groups excluding carboxylic acids is 2. The van der Waals surface area contributed by atoms with Crippen molar-refractivity contribution < 1.29 is 39.2 Å². The Kier molecular flexibility index (Phi) is 16.0. The van der Waals surface area contributed by atoms with Crippen molar-refractivity contribution in [2.45, 2.75) is 50.4 Å². The highest BCUT2D eigenvalue weighted by atomic mass is 16.7. The zero-order valence-electron chi connectivity index (χ0n) is 25.9. The van der Waals surface area contributed by atoms with Crippen LogP contribution in [-0.4, -0.2) is 74.8 Å². The smallest absolute Gasteiger partial charge is 0.408 e. The van der Waals surface area contributed by atoms with E-state index >= 15 is 0 Å². The summed E-state index contributed by atoms with van der Waals surface area (Å²) in [6, 6.07) is 23.0. The van der Waals surface area contributed by atoms with Gasteiger partial charge >= 0.3 is 23.9 Å². The number of alkyl carbamates (subject to hydrolysis) is 1. The van der Waals surface area contributed by atoms with Crippen LogP contribution in [0.15, 0.2) is 91.0 Å². The number of ether oxygens (including phenoxy) is 1. The maximum atomic E-state index is 12.4. The van der Waals surface area contributed by atoms with Gasteiger partial charge in [-0.3, -0.25) is 10.2 Å². The van der Waals surface area contributed by atoms with Crippen LogP contribution in [0.4, 0.5) is 4.79 Å². The molecular weight excluding hydrogens is 626 g/mol. The molecular formula is C32H39N7O9. The summed E-state index contributed by atoms with van der Waals surface area (Å²) in [6.45, 7) is 0.249. The molecule has 0 radical (unpaired) electrons. The molecule has 0 fully saturated rings. The van der Waals surface area contributed by atoms with Crippen LogP contribution < -0.4 is 22.1 Å². The molecule has 3 rings (SSSR count). The third kappa shape index (κ3) is 13.9. The van der Waals surface area contributed by atoms with Gasteiger partial charge in [-0.25, -0.2) is 24.5 Å². The molecule has 2 amide bonds. The Hall–Kier alpha value is -6.03. The van der Waals surface area contributed by atoms with Crippen molar-refractivity contribution in [3.63, 3.8) is 0 Å². The van der Waals surface area contributed by atoms with E-state index in [2.05, 4.69) is 10.6 Å². The number of carboxylic acids is 2. The summed E-state index contributed by atoms with van der Waals surface area (Å²) in [6.07, 6.45) is -0.534. The SMILES string of the molecule is N=C(N)NCCC[C@@H](C(=O)O)N(C(=O)[C@@H](N)Cc1ccccc1)[N+](=O)[O-].O=C(N[C@H](Cc1ccccc1)C(=O)O)OCc1ccccc1. The minimum Gasteiger partial charge on any atom is -0.480 e. The molecule has 0 aliphatic heterocycles. The number of hydrogen-bond acceptors (Lipinski definition) is 9. The van der Waals surface area contributed by atoms with Gasteiger partial charge in [-0.05, 0) is 41.0 Å². The van der Waals surface area contributed by atoms with E-state index in [1.54, 1.807) is 30.3 Å². The molecule has 9 N–H and O–H groups in total. The summed E-state index contributed by atoms with van der Waals surface area (Å²) >= 11 is 0. The number of nitro groups is 1. The number of nitrogens with one attached hydrogen (secondary N) is 3. The quantitative estimate of drug-likeness (QED) is 0.0380. The van der Waals surface area contributed by atoms with Crippen molar-refractivity contribution in [1.29, 1.82) is 5.41 Å². The lowest BCUT2D eigenvalue weighted by atomic mass is 10.0.